The van der Waals surface area contributed by atoms with E-state index < -0.39 is 0 Å². The standard InChI is InChI=1S/C22H32ClN3O2/c1-16-5-6-18(23)15-19(16)24-11-13-25(14-12-24)20(27)17-7-9-26(10-8-17)21(28)22(2,3)4/h5-6,15,17H,7-14H2,1-4H3. The average molecular weight is 406 g/mol. The highest BCUT2D eigenvalue weighted by molar-refractivity contribution is 6.30. The van der Waals surface area contributed by atoms with Gasteiger partial charge < -0.3 is 14.7 Å². The van der Waals surface area contributed by atoms with Gasteiger partial charge in [-0.3, -0.25) is 9.59 Å². The molecule has 0 unspecified atom stereocenters. The molecule has 2 saturated heterocycles. The minimum Gasteiger partial charge on any atom is -0.368 e. The molecule has 2 aliphatic rings. The molecular formula is C22H32ClN3O2. The summed E-state index contributed by atoms with van der Waals surface area (Å²) in [5.41, 5.74) is 2.01. The van der Waals surface area contributed by atoms with Gasteiger partial charge in [-0.1, -0.05) is 38.4 Å². The molecule has 1 aromatic carbocycles. The number of hydrogen-bond donors (Lipinski definition) is 0. The Morgan fingerprint density at radius 3 is 2.14 bits per heavy atom. The van der Waals surface area contributed by atoms with E-state index in [1.54, 1.807) is 0 Å². The molecule has 2 fully saturated rings. The topological polar surface area (TPSA) is 43.9 Å². The molecule has 28 heavy (non-hydrogen) atoms. The fraction of sp³-hybridized carbons (Fsp3) is 0.636. The number of rotatable bonds is 2. The van der Waals surface area contributed by atoms with Crippen LogP contribution in [0, 0.1) is 18.3 Å². The number of nitrogens with zero attached hydrogens (tertiary/aromatic N) is 3. The van der Waals surface area contributed by atoms with Gasteiger partial charge in [0.1, 0.15) is 0 Å². The van der Waals surface area contributed by atoms with Crippen molar-refractivity contribution in [1.29, 1.82) is 0 Å². The number of halogens is 1. The van der Waals surface area contributed by atoms with Gasteiger partial charge in [0, 0.05) is 61.3 Å². The van der Waals surface area contributed by atoms with Crippen LogP contribution in [-0.2, 0) is 9.59 Å². The largest absolute Gasteiger partial charge is 0.368 e. The molecular weight excluding hydrogens is 374 g/mol. The van der Waals surface area contributed by atoms with Gasteiger partial charge in [-0.15, -0.1) is 0 Å². The third-order valence-electron chi connectivity index (χ3n) is 5.88. The third-order valence-corrected chi connectivity index (χ3v) is 6.11. The van der Waals surface area contributed by atoms with E-state index in [0.29, 0.717) is 13.1 Å². The van der Waals surface area contributed by atoms with Crippen LogP contribution >= 0.6 is 11.6 Å². The first-order valence-electron chi connectivity index (χ1n) is 10.3. The minimum atomic E-state index is -0.356. The van der Waals surface area contributed by atoms with Crippen LogP contribution in [0.15, 0.2) is 18.2 Å². The van der Waals surface area contributed by atoms with Crippen LogP contribution in [0.2, 0.25) is 5.02 Å². The Balaban J connectivity index is 1.52. The van der Waals surface area contributed by atoms with E-state index in [-0.39, 0.29) is 23.1 Å². The van der Waals surface area contributed by atoms with Crippen molar-refractivity contribution >= 4 is 29.1 Å². The van der Waals surface area contributed by atoms with Crippen molar-refractivity contribution in [2.24, 2.45) is 11.3 Å². The maximum absolute atomic E-state index is 13.0. The number of benzene rings is 1. The number of aryl methyl sites for hydroxylation is 1. The minimum absolute atomic E-state index is 0.0449. The zero-order valence-electron chi connectivity index (χ0n) is 17.5. The van der Waals surface area contributed by atoms with Gasteiger partial charge in [0.15, 0.2) is 0 Å². The van der Waals surface area contributed by atoms with Crippen molar-refractivity contribution in [2.75, 3.05) is 44.2 Å². The summed E-state index contributed by atoms with van der Waals surface area (Å²) in [5, 5.41) is 0.746. The highest BCUT2D eigenvalue weighted by Gasteiger charge is 2.34. The number of amides is 2. The summed E-state index contributed by atoms with van der Waals surface area (Å²) >= 11 is 6.16. The third kappa shape index (κ3) is 4.62. The lowest BCUT2D eigenvalue weighted by Gasteiger charge is -2.40. The molecule has 1 aromatic rings. The van der Waals surface area contributed by atoms with Crippen LogP contribution in [0.1, 0.15) is 39.2 Å². The summed E-state index contributed by atoms with van der Waals surface area (Å²) in [7, 11) is 0. The smallest absolute Gasteiger partial charge is 0.227 e. The summed E-state index contributed by atoms with van der Waals surface area (Å²) < 4.78 is 0. The van der Waals surface area contributed by atoms with E-state index in [9.17, 15) is 9.59 Å². The molecule has 5 nitrogen and oxygen atoms in total. The monoisotopic (exact) mass is 405 g/mol. The van der Waals surface area contributed by atoms with Gasteiger partial charge in [-0.2, -0.15) is 0 Å². The lowest BCUT2D eigenvalue weighted by atomic mass is 9.90. The van der Waals surface area contributed by atoms with Crippen molar-refractivity contribution in [1.82, 2.24) is 9.80 Å². The maximum atomic E-state index is 13.0. The molecule has 154 valence electrons. The average Bonchev–Trinajstić information content (AvgIpc) is 2.68. The quantitative estimate of drug-likeness (QED) is 0.755. The van der Waals surface area contributed by atoms with Crippen LogP contribution in [0.25, 0.3) is 0 Å². The molecule has 0 aliphatic carbocycles. The van der Waals surface area contributed by atoms with Crippen molar-refractivity contribution in [3.63, 3.8) is 0 Å². The van der Waals surface area contributed by atoms with Crippen molar-refractivity contribution in [3.8, 4) is 0 Å². The van der Waals surface area contributed by atoms with Gasteiger partial charge >= 0.3 is 0 Å². The zero-order chi connectivity index (χ0) is 20.5. The summed E-state index contributed by atoms with van der Waals surface area (Å²) in [5.74, 6) is 0.484. The Morgan fingerprint density at radius 2 is 1.57 bits per heavy atom. The normalized spacial score (nSPS) is 19.1. The highest BCUT2D eigenvalue weighted by Crippen LogP contribution is 2.27. The molecule has 0 saturated carbocycles. The first-order chi connectivity index (χ1) is 13.2. The molecule has 3 rings (SSSR count). The predicted molar refractivity (Wildman–Crippen MR) is 114 cm³/mol. The summed E-state index contributed by atoms with van der Waals surface area (Å²) in [6, 6.07) is 5.97. The van der Waals surface area contributed by atoms with E-state index in [2.05, 4.69) is 11.8 Å². The summed E-state index contributed by atoms with van der Waals surface area (Å²) in [4.78, 5) is 31.6. The van der Waals surface area contributed by atoms with E-state index >= 15 is 0 Å². The van der Waals surface area contributed by atoms with Crippen molar-refractivity contribution < 1.29 is 9.59 Å². The van der Waals surface area contributed by atoms with Gasteiger partial charge in [0.05, 0.1) is 0 Å². The molecule has 2 heterocycles. The summed E-state index contributed by atoms with van der Waals surface area (Å²) in [6.45, 7) is 12.5. The van der Waals surface area contributed by atoms with Gasteiger partial charge in [0.2, 0.25) is 11.8 Å². The Hall–Kier alpha value is -1.75. The molecule has 6 heteroatoms. The summed E-state index contributed by atoms with van der Waals surface area (Å²) in [6.07, 6.45) is 1.54. The second kappa shape index (κ2) is 8.32. The molecule has 2 aliphatic heterocycles. The molecule has 0 bridgehead atoms. The molecule has 0 radical (unpaired) electrons. The molecule has 0 spiro atoms. The molecule has 0 N–H and O–H groups in total. The number of hydrogen-bond acceptors (Lipinski definition) is 3. The first-order valence-corrected chi connectivity index (χ1v) is 10.6. The van der Waals surface area contributed by atoms with Gasteiger partial charge in [0.25, 0.3) is 0 Å². The number of likely N-dealkylation sites (tertiary alicyclic amines) is 1. The second-order valence-corrected chi connectivity index (χ2v) is 9.50. The van der Waals surface area contributed by atoms with Gasteiger partial charge in [-0.05, 0) is 37.5 Å². The number of carbonyl (C=O) groups is 2. The SMILES string of the molecule is Cc1ccc(Cl)cc1N1CCN(C(=O)C2CCN(C(=O)C(C)(C)C)CC2)CC1. The number of carbonyl (C=O) groups excluding carboxylic acids is 2. The van der Waals surface area contributed by atoms with Crippen LogP contribution in [0.4, 0.5) is 5.69 Å². The highest BCUT2D eigenvalue weighted by atomic mass is 35.5. The number of piperazine rings is 1. The Labute approximate surface area is 173 Å². The molecule has 0 atom stereocenters. The molecule has 0 aromatic heterocycles. The molecule has 2 amide bonds. The lowest BCUT2D eigenvalue weighted by molar-refractivity contribution is -0.145. The number of piperidine rings is 1. The van der Waals surface area contributed by atoms with E-state index in [1.807, 2.05) is 48.8 Å². The Kier molecular flexibility index (Phi) is 6.23. The first kappa shape index (κ1) is 21.0. The number of anilines is 1. The van der Waals surface area contributed by atoms with Crippen LogP contribution in [-0.4, -0.2) is 60.9 Å². The Morgan fingerprint density at radius 1 is 0.964 bits per heavy atom. The zero-order valence-corrected chi connectivity index (χ0v) is 18.3. The van der Waals surface area contributed by atoms with E-state index in [4.69, 9.17) is 11.6 Å². The fourth-order valence-electron chi connectivity index (χ4n) is 4.15. The maximum Gasteiger partial charge on any atom is 0.227 e. The fourth-order valence-corrected chi connectivity index (χ4v) is 4.32. The lowest BCUT2D eigenvalue weighted by Crippen LogP contribution is -2.52. The van der Waals surface area contributed by atoms with Gasteiger partial charge in [-0.25, -0.2) is 0 Å². The van der Waals surface area contributed by atoms with E-state index in [1.165, 1.54) is 5.56 Å². The van der Waals surface area contributed by atoms with Crippen LogP contribution in [0.5, 0.6) is 0 Å². The predicted octanol–water partition coefficient (Wildman–Crippen LogP) is 3.58. The van der Waals surface area contributed by atoms with Crippen LogP contribution < -0.4 is 4.90 Å². The van der Waals surface area contributed by atoms with Crippen molar-refractivity contribution in [2.45, 2.75) is 40.5 Å². The Bertz CT molecular complexity index is 728. The van der Waals surface area contributed by atoms with Crippen LogP contribution in [0.3, 0.4) is 0 Å². The van der Waals surface area contributed by atoms with E-state index in [0.717, 1.165) is 49.7 Å². The van der Waals surface area contributed by atoms with Crippen molar-refractivity contribution in [3.05, 3.63) is 28.8 Å². The second-order valence-electron chi connectivity index (χ2n) is 9.06.